The van der Waals surface area contributed by atoms with Crippen LogP contribution in [0, 0.1) is 11.8 Å². The molecule has 0 heterocycles. The number of nitrogens with two attached hydrogens (primary N) is 3. The van der Waals surface area contributed by atoms with E-state index in [2.05, 4.69) is 0 Å². The zero-order valence-electron chi connectivity index (χ0n) is 15.5. The van der Waals surface area contributed by atoms with E-state index in [9.17, 15) is 14.4 Å². The number of hydrogen-bond acceptors (Lipinski definition) is 7. The molecule has 3 unspecified atom stereocenters. The van der Waals surface area contributed by atoms with Crippen LogP contribution < -0.4 is 17.2 Å². The molecule has 0 aliphatic carbocycles. The summed E-state index contributed by atoms with van der Waals surface area (Å²) in [5, 5.41) is 24.7. The van der Waals surface area contributed by atoms with Gasteiger partial charge in [0.25, 0.3) is 0 Å². The van der Waals surface area contributed by atoms with Gasteiger partial charge in [-0.25, -0.2) is 0 Å². The number of thioether (sulfide) groups is 1. The van der Waals surface area contributed by atoms with Crippen LogP contribution in [0.15, 0.2) is 0 Å². The predicted octanol–water partition coefficient (Wildman–Crippen LogP) is 0.260. The molecule has 25 heavy (non-hydrogen) atoms. The fourth-order valence-corrected chi connectivity index (χ4v) is 1.43. The van der Waals surface area contributed by atoms with Gasteiger partial charge in [0, 0.05) is 0 Å². The van der Waals surface area contributed by atoms with Crippen molar-refractivity contribution >= 4 is 29.7 Å². The molecule has 9 N–H and O–H groups in total. The van der Waals surface area contributed by atoms with Gasteiger partial charge >= 0.3 is 17.9 Å². The molecule has 0 aromatic heterocycles. The van der Waals surface area contributed by atoms with Gasteiger partial charge in [0.1, 0.15) is 18.1 Å². The highest BCUT2D eigenvalue weighted by Gasteiger charge is 2.15. The molecule has 150 valence electrons. The topological polar surface area (TPSA) is 190 Å². The van der Waals surface area contributed by atoms with E-state index in [0.717, 1.165) is 5.75 Å². The highest BCUT2D eigenvalue weighted by molar-refractivity contribution is 7.98. The van der Waals surface area contributed by atoms with Gasteiger partial charge in [-0.3, -0.25) is 14.4 Å². The number of hydrogen-bond donors (Lipinski definition) is 6. The molecule has 10 heteroatoms. The van der Waals surface area contributed by atoms with E-state index < -0.39 is 36.0 Å². The summed E-state index contributed by atoms with van der Waals surface area (Å²) in [6.45, 7) is 7.11. The van der Waals surface area contributed by atoms with Gasteiger partial charge in [0.05, 0.1) is 0 Å². The van der Waals surface area contributed by atoms with Crippen molar-refractivity contribution in [2.45, 2.75) is 52.2 Å². The summed E-state index contributed by atoms with van der Waals surface area (Å²) in [6.07, 6.45) is 2.48. The van der Waals surface area contributed by atoms with E-state index in [1.807, 2.05) is 6.26 Å². The number of rotatable bonds is 8. The first-order valence-corrected chi connectivity index (χ1v) is 9.12. The van der Waals surface area contributed by atoms with Crippen LogP contribution in [-0.4, -0.2) is 63.4 Å². The molecular formula is C15H33N3O6S. The lowest BCUT2D eigenvalue weighted by Crippen LogP contribution is -2.34. The van der Waals surface area contributed by atoms with Crippen molar-refractivity contribution in [2.75, 3.05) is 12.0 Å². The van der Waals surface area contributed by atoms with Crippen molar-refractivity contribution in [2.24, 2.45) is 29.0 Å². The van der Waals surface area contributed by atoms with Crippen molar-refractivity contribution in [3.63, 3.8) is 0 Å². The molecule has 9 nitrogen and oxygen atoms in total. The van der Waals surface area contributed by atoms with E-state index in [-0.39, 0.29) is 11.8 Å². The molecule has 0 aromatic rings. The summed E-state index contributed by atoms with van der Waals surface area (Å²) in [5.41, 5.74) is 15.5. The van der Waals surface area contributed by atoms with Gasteiger partial charge in [0.2, 0.25) is 0 Å². The lowest BCUT2D eigenvalue weighted by molar-refractivity contribution is -0.140. The van der Waals surface area contributed by atoms with Crippen molar-refractivity contribution in [3.05, 3.63) is 0 Å². The van der Waals surface area contributed by atoms with E-state index in [4.69, 9.17) is 32.5 Å². The maximum absolute atomic E-state index is 10.1. The van der Waals surface area contributed by atoms with Gasteiger partial charge in [0.15, 0.2) is 0 Å². The summed E-state index contributed by atoms with van der Waals surface area (Å²) >= 11 is 1.60. The van der Waals surface area contributed by atoms with Crippen LogP contribution in [0.3, 0.4) is 0 Å². The van der Waals surface area contributed by atoms with Crippen molar-refractivity contribution < 1.29 is 29.7 Å². The minimum atomic E-state index is -0.931. The van der Waals surface area contributed by atoms with E-state index in [1.54, 1.807) is 39.5 Å². The van der Waals surface area contributed by atoms with Gasteiger partial charge in [-0.2, -0.15) is 11.8 Å². The lowest BCUT2D eigenvalue weighted by atomic mass is 10.1. The Hall–Kier alpha value is -1.36. The molecule has 0 saturated heterocycles. The second-order valence-electron chi connectivity index (χ2n) is 5.94. The van der Waals surface area contributed by atoms with Gasteiger partial charge in [-0.15, -0.1) is 0 Å². The van der Waals surface area contributed by atoms with Crippen LogP contribution in [0.2, 0.25) is 0 Å². The van der Waals surface area contributed by atoms with Crippen molar-refractivity contribution in [3.8, 4) is 0 Å². The Morgan fingerprint density at radius 1 is 0.800 bits per heavy atom. The second-order valence-corrected chi connectivity index (χ2v) is 6.93. The Morgan fingerprint density at radius 3 is 1.24 bits per heavy atom. The maximum atomic E-state index is 10.1. The summed E-state index contributed by atoms with van der Waals surface area (Å²) in [5.74, 6) is -1.92. The van der Waals surface area contributed by atoms with Crippen LogP contribution in [0.4, 0.5) is 0 Å². The fraction of sp³-hybridized carbons (Fsp3) is 0.800. The highest BCUT2D eigenvalue weighted by Crippen LogP contribution is 1.98. The third-order valence-corrected chi connectivity index (χ3v) is 3.60. The number of carbonyl (C=O) groups is 3. The molecule has 0 saturated carbocycles. The molecule has 3 atom stereocenters. The third-order valence-electron chi connectivity index (χ3n) is 2.96. The SMILES string of the molecule is CC(C)C(N)C(=O)O.CC(C)C(N)C(=O)O.CSCCC(N)C(=O)O. The summed E-state index contributed by atoms with van der Waals surface area (Å²) in [4.78, 5) is 30.1. The van der Waals surface area contributed by atoms with Crippen LogP contribution in [0.5, 0.6) is 0 Å². The van der Waals surface area contributed by atoms with E-state index in [1.165, 1.54) is 0 Å². The number of carboxylic acid groups (broad SMARTS) is 3. The zero-order valence-corrected chi connectivity index (χ0v) is 16.3. The molecule has 0 aliphatic rings. The Bertz CT molecular complexity index is 369. The minimum Gasteiger partial charge on any atom is -0.480 e. The van der Waals surface area contributed by atoms with Gasteiger partial charge < -0.3 is 32.5 Å². The zero-order chi connectivity index (χ0) is 20.7. The molecule has 0 rings (SSSR count). The third kappa shape index (κ3) is 18.8. The smallest absolute Gasteiger partial charge is 0.320 e. The van der Waals surface area contributed by atoms with Crippen LogP contribution in [0.1, 0.15) is 34.1 Å². The normalized spacial score (nSPS) is 13.7. The first-order valence-electron chi connectivity index (χ1n) is 7.73. The molecule has 0 fully saturated rings. The first-order chi connectivity index (χ1) is 11.3. The van der Waals surface area contributed by atoms with Crippen LogP contribution >= 0.6 is 11.8 Å². The molecule has 0 radical (unpaired) electrons. The Morgan fingerprint density at radius 2 is 1.12 bits per heavy atom. The molecule has 0 aliphatic heterocycles. The van der Waals surface area contributed by atoms with Gasteiger partial charge in [-0.1, -0.05) is 27.7 Å². The number of aliphatic carboxylic acids is 3. The second kappa shape index (κ2) is 16.1. The Balaban J connectivity index is -0.000000291. The Kier molecular flexibility index (Phi) is 18.3. The lowest BCUT2D eigenvalue weighted by Gasteiger charge is -2.07. The molecular weight excluding hydrogens is 350 g/mol. The van der Waals surface area contributed by atoms with Crippen LogP contribution in [0.25, 0.3) is 0 Å². The molecule has 0 spiro atoms. The molecule has 0 bridgehead atoms. The van der Waals surface area contributed by atoms with Crippen LogP contribution in [-0.2, 0) is 14.4 Å². The summed E-state index contributed by atoms with van der Waals surface area (Å²) < 4.78 is 0. The monoisotopic (exact) mass is 383 g/mol. The van der Waals surface area contributed by atoms with E-state index in [0.29, 0.717) is 6.42 Å². The minimum absolute atomic E-state index is 0.0208. The summed E-state index contributed by atoms with van der Waals surface area (Å²) in [6, 6.07) is -2.11. The fourth-order valence-electron chi connectivity index (χ4n) is 0.939. The standard InChI is InChI=1S/C5H11NO2S.2C5H11NO2/c1-9-3-2-4(6)5(7)8;2*1-3(2)4(6)5(7)8/h4H,2-3,6H2,1H3,(H,7,8);2*3-4H,6H2,1-2H3,(H,7,8). The van der Waals surface area contributed by atoms with Crippen molar-refractivity contribution in [1.29, 1.82) is 0 Å². The first kappa shape index (κ1) is 28.4. The number of carboxylic acids is 3. The maximum Gasteiger partial charge on any atom is 0.320 e. The average Bonchev–Trinajstić information content (AvgIpc) is 2.51. The summed E-state index contributed by atoms with van der Waals surface area (Å²) in [7, 11) is 0. The largest absolute Gasteiger partial charge is 0.480 e. The molecule has 0 aromatic carbocycles. The van der Waals surface area contributed by atoms with Gasteiger partial charge in [-0.05, 0) is 30.3 Å². The Labute approximate surface area is 153 Å². The average molecular weight is 384 g/mol. The van der Waals surface area contributed by atoms with Crippen molar-refractivity contribution in [1.82, 2.24) is 0 Å². The van der Waals surface area contributed by atoms with E-state index >= 15 is 0 Å². The predicted molar refractivity (Wildman–Crippen MR) is 99.5 cm³/mol. The molecule has 0 amide bonds. The quantitative estimate of drug-likeness (QED) is 0.339. The highest BCUT2D eigenvalue weighted by atomic mass is 32.2.